The molecule has 3 rings (SSSR count). The van der Waals surface area contributed by atoms with Crippen LogP contribution >= 0.6 is 0 Å². The number of hydrogen-bond donors (Lipinski definition) is 1. The Kier molecular flexibility index (Phi) is 2.56. The summed E-state index contributed by atoms with van der Waals surface area (Å²) in [6.07, 6.45) is 1.49. The molecule has 1 fully saturated rings. The smallest absolute Gasteiger partial charge is 0.128 e. The first-order chi connectivity index (χ1) is 8.19. The van der Waals surface area contributed by atoms with Gasteiger partial charge in [-0.2, -0.15) is 0 Å². The SMILES string of the molecule is OC1CC2(CCOCC2)Oc2cc(F)ccc21. The Balaban J connectivity index is 1.95. The van der Waals surface area contributed by atoms with E-state index in [0.29, 0.717) is 30.9 Å². The van der Waals surface area contributed by atoms with E-state index >= 15 is 0 Å². The second-order valence-electron chi connectivity index (χ2n) is 4.80. The van der Waals surface area contributed by atoms with Crippen LogP contribution in [0.4, 0.5) is 4.39 Å². The van der Waals surface area contributed by atoms with Gasteiger partial charge in [-0.05, 0) is 12.1 Å². The van der Waals surface area contributed by atoms with Crippen LogP contribution in [0.1, 0.15) is 30.9 Å². The summed E-state index contributed by atoms with van der Waals surface area (Å²) in [4.78, 5) is 0. The maximum Gasteiger partial charge on any atom is 0.128 e. The Morgan fingerprint density at radius 3 is 2.82 bits per heavy atom. The molecule has 1 spiro atoms. The third-order valence-corrected chi connectivity index (χ3v) is 3.63. The molecule has 92 valence electrons. The maximum atomic E-state index is 13.2. The summed E-state index contributed by atoms with van der Waals surface area (Å²) in [5.41, 5.74) is 0.307. The minimum absolute atomic E-state index is 0.333. The van der Waals surface area contributed by atoms with Crippen molar-refractivity contribution in [2.75, 3.05) is 13.2 Å². The lowest BCUT2D eigenvalue weighted by Gasteiger charge is -2.43. The van der Waals surface area contributed by atoms with Gasteiger partial charge in [0.2, 0.25) is 0 Å². The van der Waals surface area contributed by atoms with E-state index in [9.17, 15) is 9.50 Å². The molecule has 3 nitrogen and oxygen atoms in total. The highest BCUT2D eigenvalue weighted by Crippen LogP contribution is 2.43. The van der Waals surface area contributed by atoms with Crippen molar-refractivity contribution in [3.05, 3.63) is 29.6 Å². The van der Waals surface area contributed by atoms with E-state index in [2.05, 4.69) is 0 Å². The zero-order valence-electron chi connectivity index (χ0n) is 9.49. The van der Waals surface area contributed by atoms with Crippen LogP contribution in [0.25, 0.3) is 0 Å². The lowest BCUT2D eigenvalue weighted by molar-refractivity contribution is -0.0840. The van der Waals surface area contributed by atoms with Gasteiger partial charge in [0.1, 0.15) is 17.2 Å². The van der Waals surface area contributed by atoms with Gasteiger partial charge in [0.25, 0.3) is 0 Å². The van der Waals surface area contributed by atoms with Gasteiger partial charge >= 0.3 is 0 Å². The fourth-order valence-corrected chi connectivity index (χ4v) is 2.66. The summed E-state index contributed by atoms with van der Waals surface area (Å²) in [6.45, 7) is 1.27. The number of fused-ring (bicyclic) bond motifs is 1. The van der Waals surface area contributed by atoms with Crippen molar-refractivity contribution in [3.63, 3.8) is 0 Å². The highest BCUT2D eigenvalue weighted by Gasteiger charge is 2.41. The quantitative estimate of drug-likeness (QED) is 0.753. The summed E-state index contributed by atoms with van der Waals surface area (Å²) in [5.74, 6) is 0.144. The summed E-state index contributed by atoms with van der Waals surface area (Å²) < 4.78 is 24.4. The zero-order chi connectivity index (χ0) is 11.9. The van der Waals surface area contributed by atoms with E-state index in [1.54, 1.807) is 6.07 Å². The maximum absolute atomic E-state index is 13.2. The lowest BCUT2D eigenvalue weighted by atomic mass is 9.83. The van der Waals surface area contributed by atoms with E-state index < -0.39 is 6.10 Å². The van der Waals surface area contributed by atoms with E-state index in [1.807, 2.05) is 0 Å². The molecule has 2 aliphatic rings. The van der Waals surface area contributed by atoms with Gasteiger partial charge in [0.15, 0.2) is 0 Å². The van der Waals surface area contributed by atoms with Gasteiger partial charge in [-0.1, -0.05) is 0 Å². The molecule has 0 aliphatic carbocycles. The summed E-state index contributed by atoms with van der Waals surface area (Å²) in [7, 11) is 0. The first-order valence-electron chi connectivity index (χ1n) is 5.93. The van der Waals surface area contributed by atoms with Crippen molar-refractivity contribution in [3.8, 4) is 5.75 Å². The second kappa shape index (κ2) is 3.96. The summed E-state index contributed by atoms with van der Waals surface area (Å²) >= 11 is 0. The third-order valence-electron chi connectivity index (χ3n) is 3.63. The van der Waals surface area contributed by atoms with E-state index in [0.717, 1.165) is 12.8 Å². The molecule has 1 saturated heterocycles. The number of benzene rings is 1. The van der Waals surface area contributed by atoms with E-state index in [-0.39, 0.29) is 11.4 Å². The molecule has 0 saturated carbocycles. The van der Waals surface area contributed by atoms with Crippen LogP contribution in [-0.4, -0.2) is 23.9 Å². The Labute approximate surface area is 99.2 Å². The standard InChI is InChI=1S/C13H15FO3/c14-9-1-2-10-11(15)8-13(17-12(10)7-9)3-5-16-6-4-13/h1-2,7,11,15H,3-6,8H2. The average molecular weight is 238 g/mol. The number of rotatable bonds is 0. The Morgan fingerprint density at radius 2 is 2.06 bits per heavy atom. The van der Waals surface area contributed by atoms with Crippen molar-refractivity contribution in [1.29, 1.82) is 0 Å². The van der Waals surface area contributed by atoms with Crippen LogP contribution in [0.3, 0.4) is 0 Å². The minimum atomic E-state index is -0.572. The molecular formula is C13H15FO3. The van der Waals surface area contributed by atoms with Crippen LogP contribution in [0.2, 0.25) is 0 Å². The highest BCUT2D eigenvalue weighted by atomic mass is 19.1. The van der Waals surface area contributed by atoms with Crippen LogP contribution < -0.4 is 4.74 Å². The molecular weight excluding hydrogens is 223 g/mol. The predicted octanol–water partition coefficient (Wildman–Crippen LogP) is 2.19. The number of halogens is 1. The highest BCUT2D eigenvalue weighted by molar-refractivity contribution is 5.38. The first-order valence-corrected chi connectivity index (χ1v) is 5.93. The van der Waals surface area contributed by atoms with Crippen LogP contribution in [-0.2, 0) is 4.74 Å². The van der Waals surface area contributed by atoms with Crippen molar-refractivity contribution < 1.29 is 19.0 Å². The summed E-state index contributed by atoms with van der Waals surface area (Å²) in [6, 6.07) is 4.31. The molecule has 0 bridgehead atoms. The number of ether oxygens (including phenoxy) is 2. The zero-order valence-corrected chi connectivity index (χ0v) is 9.49. The normalized spacial score (nSPS) is 26.4. The molecule has 0 radical (unpaired) electrons. The minimum Gasteiger partial charge on any atom is -0.486 e. The van der Waals surface area contributed by atoms with Crippen molar-refractivity contribution >= 4 is 0 Å². The molecule has 2 aliphatic heterocycles. The van der Waals surface area contributed by atoms with Crippen molar-refractivity contribution in [2.24, 2.45) is 0 Å². The van der Waals surface area contributed by atoms with Crippen LogP contribution in [0.15, 0.2) is 18.2 Å². The molecule has 0 aromatic heterocycles. The number of aliphatic hydroxyl groups is 1. The Hall–Kier alpha value is -1.13. The Morgan fingerprint density at radius 1 is 1.29 bits per heavy atom. The average Bonchev–Trinajstić information content (AvgIpc) is 2.29. The number of aliphatic hydroxyl groups excluding tert-OH is 1. The van der Waals surface area contributed by atoms with Gasteiger partial charge in [0, 0.05) is 30.9 Å². The molecule has 1 atom stereocenters. The predicted molar refractivity (Wildman–Crippen MR) is 59.4 cm³/mol. The first kappa shape index (κ1) is 11.0. The van der Waals surface area contributed by atoms with Gasteiger partial charge in [0.05, 0.1) is 19.3 Å². The largest absolute Gasteiger partial charge is 0.486 e. The van der Waals surface area contributed by atoms with Crippen molar-refractivity contribution in [1.82, 2.24) is 0 Å². The molecule has 1 unspecified atom stereocenters. The molecule has 1 aromatic carbocycles. The molecule has 2 heterocycles. The second-order valence-corrected chi connectivity index (χ2v) is 4.80. The van der Waals surface area contributed by atoms with Crippen LogP contribution in [0, 0.1) is 5.82 Å². The van der Waals surface area contributed by atoms with Crippen LogP contribution in [0.5, 0.6) is 5.75 Å². The van der Waals surface area contributed by atoms with E-state index in [4.69, 9.17) is 9.47 Å². The van der Waals surface area contributed by atoms with E-state index in [1.165, 1.54) is 12.1 Å². The Bertz CT molecular complexity index is 427. The molecule has 4 heteroatoms. The topological polar surface area (TPSA) is 38.7 Å². The van der Waals surface area contributed by atoms with Gasteiger partial charge in [-0.25, -0.2) is 4.39 Å². The van der Waals surface area contributed by atoms with Gasteiger partial charge < -0.3 is 14.6 Å². The fraction of sp³-hybridized carbons (Fsp3) is 0.538. The molecule has 17 heavy (non-hydrogen) atoms. The van der Waals surface area contributed by atoms with Gasteiger partial charge in [-0.15, -0.1) is 0 Å². The summed E-state index contributed by atoms with van der Waals surface area (Å²) in [5, 5.41) is 10.1. The monoisotopic (exact) mass is 238 g/mol. The fourth-order valence-electron chi connectivity index (χ4n) is 2.66. The van der Waals surface area contributed by atoms with Gasteiger partial charge in [-0.3, -0.25) is 0 Å². The molecule has 1 N–H and O–H groups in total. The molecule has 0 amide bonds. The number of hydrogen-bond acceptors (Lipinski definition) is 3. The third kappa shape index (κ3) is 1.91. The van der Waals surface area contributed by atoms with Crippen molar-refractivity contribution in [2.45, 2.75) is 31.0 Å². The molecule has 1 aromatic rings. The lowest BCUT2D eigenvalue weighted by Crippen LogP contribution is -2.45.